The van der Waals surface area contributed by atoms with E-state index >= 15 is 0 Å². The summed E-state index contributed by atoms with van der Waals surface area (Å²) in [5, 5.41) is 4.04. The van der Waals surface area contributed by atoms with E-state index in [0.717, 1.165) is 28.2 Å². The number of benzene rings is 2. The number of ether oxygens (including phenoxy) is 1. The number of nitrogens with one attached hydrogen (secondary N) is 1. The average molecular weight is 369 g/mol. The summed E-state index contributed by atoms with van der Waals surface area (Å²) < 4.78 is 6.43. The van der Waals surface area contributed by atoms with Crippen LogP contribution in [0.15, 0.2) is 46.9 Å². The standard InChI is InChI=1S/C17H19BrClNO/c1-20-11-14(12-3-5-15(19)6-4-12)9-13-10-16(21-2)7-8-17(13)18/h3-8,10,14,20H,9,11H2,1-2H3. The summed E-state index contributed by atoms with van der Waals surface area (Å²) in [4.78, 5) is 0. The predicted molar refractivity (Wildman–Crippen MR) is 92.5 cm³/mol. The second kappa shape index (κ2) is 7.83. The first kappa shape index (κ1) is 16.3. The second-order valence-electron chi connectivity index (χ2n) is 4.97. The van der Waals surface area contributed by atoms with Gasteiger partial charge in [-0.1, -0.05) is 39.7 Å². The molecule has 1 unspecified atom stereocenters. The Labute approximate surface area is 139 Å². The number of hydrogen-bond acceptors (Lipinski definition) is 2. The van der Waals surface area contributed by atoms with Gasteiger partial charge in [-0.05, 0) is 54.9 Å². The quantitative estimate of drug-likeness (QED) is 0.801. The van der Waals surface area contributed by atoms with E-state index < -0.39 is 0 Å². The van der Waals surface area contributed by atoms with E-state index in [0.29, 0.717) is 5.92 Å². The molecule has 4 heteroatoms. The van der Waals surface area contributed by atoms with Gasteiger partial charge in [-0.2, -0.15) is 0 Å². The SMILES string of the molecule is CNCC(Cc1cc(OC)ccc1Br)c1ccc(Cl)cc1. The molecule has 1 N–H and O–H groups in total. The number of methoxy groups -OCH3 is 1. The van der Waals surface area contributed by atoms with Crippen molar-refractivity contribution in [2.24, 2.45) is 0 Å². The third-order valence-electron chi connectivity index (χ3n) is 3.51. The molecule has 0 aliphatic carbocycles. The highest BCUT2D eigenvalue weighted by atomic mass is 79.9. The number of halogens is 2. The Morgan fingerprint density at radius 3 is 2.52 bits per heavy atom. The van der Waals surface area contributed by atoms with Crippen molar-refractivity contribution in [1.29, 1.82) is 0 Å². The number of rotatable bonds is 6. The van der Waals surface area contributed by atoms with Gasteiger partial charge < -0.3 is 10.1 Å². The lowest BCUT2D eigenvalue weighted by Crippen LogP contribution is -2.19. The summed E-state index contributed by atoms with van der Waals surface area (Å²) in [7, 11) is 3.67. The maximum atomic E-state index is 5.98. The van der Waals surface area contributed by atoms with Gasteiger partial charge in [0.1, 0.15) is 5.75 Å². The fourth-order valence-corrected chi connectivity index (χ4v) is 2.92. The molecule has 0 heterocycles. The number of hydrogen-bond donors (Lipinski definition) is 1. The fraction of sp³-hybridized carbons (Fsp3) is 0.294. The van der Waals surface area contributed by atoms with Crippen molar-refractivity contribution < 1.29 is 4.74 Å². The van der Waals surface area contributed by atoms with Crippen LogP contribution in [-0.2, 0) is 6.42 Å². The first-order chi connectivity index (χ1) is 10.1. The van der Waals surface area contributed by atoms with Gasteiger partial charge in [0.15, 0.2) is 0 Å². The molecular weight excluding hydrogens is 350 g/mol. The molecule has 2 rings (SSSR count). The molecule has 0 radical (unpaired) electrons. The summed E-state index contributed by atoms with van der Waals surface area (Å²) in [6.45, 7) is 0.908. The molecule has 2 aromatic rings. The van der Waals surface area contributed by atoms with E-state index in [2.05, 4.69) is 39.4 Å². The van der Waals surface area contributed by atoms with Crippen molar-refractivity contribution in [3.8, 4) is 5.75 Å². The Kier molecular flexibility index (Phi) is 6.09. The minimum atomic E-state index is 0.385. The smallest absolute Gasteiger partial charge is 0.119 e. The minimum Gasteiger partial charge on any atom is -0.497 e. The summed E-state index contributed by atoms with van der Waals surface area (Å²) in [5.74, 6) is 1.27. The summed E-state index contributed by atoms with van der Waals surface area (Å²) in [6.07, 6.45) is 0.931. The zero-order valence-corrected chi connectivity index (χ0v) is 14.5. The first-order valence-electron chi connectivity index (χ1n) is 6.86. The van der Waals surface area contributed by atoms with Crippen molar-refractivity contribution in [3.05, 3.63) is 63.1 Å². The van der Waals surface area contributed by atoms with Gasteiger partial charge in [-0.15, -0.1) is 0 Å². The topological polar surface area (TPSA) is 21.3 Å². The van der Waals surface area contributed by atoms with Crippen LogP contribution >= 0.6 is 27.5 Å². The van der Waals surface area contributed by atoms with Crippen molar-refractivity contribution in [2.75, 3.05) is 20.7 Å². The molecule has 0 saturated carbocycles. The molecule has 0 aromatic heterocycles. The van der Waals surface area contributed by atoms with E-state index in [1.807, 2.05) is 31.3 Å². The van der Waals surface area contributed by atoms with Crippen LogP contribution in [0.25, 0.3) is 0 Å². The van der Waals surface area contributed by atoms with Crippen molar-refractivity contribution >= 4 is 27.5 Å². The van der Waals surface area contributed by atoms with Crippen molar-refractivity contribution in [1.82, 2.24) is 5.32 Å². The highest BCUT2D eigenvalue weighted by Gasteiger charge is 2.14. The van der Waals surface area contributed by atoms with E-state index in [4.69, 9.17) is 16.3 Å². The lowest BCUT2D eigenvalue weighted by Gasteiger charge is -2.18. The van der Waals surface area contributed by atoms with Crippen molar-refractivity contribution in [2.45, 2.75) is 12.3 Å². The lowest BCUT2D eigenvalue weighted by atomic mass is 9.92. The first-order valence-corrected chi connectivity index (χ1v) is 8.03. The molecule has 1 atom stereocenters. The molecule has 2 aromatic carbocycles. The Morgan fingerprint density at radius 2 is 1.90 bits per heavy atom. The van der Waals surface area contributed by atoms with Crippen molar-refractivity contribution in [3.63, 3.8) is 0 Å². The van der Waals surface area contributed by atoms with E-state index in [1.54, 1.807) is 7.11 Å². The maximum absolute atomic E-state index is 5.98. The zero-order valence-electron chi connectivity index (χ0n) is 12.2. The molecule has 0 saturated heterocycles. The highest BCUT2D eigenvalue weighted by Crippen LogP contribution is 2.29. The number of likely N-dealkylation sites (N-methyl/N-ethyl adjacent to an activating group) is 1. The molecule has 0 amide bonds. The zero-order chi connectivity index (χ0) is 15.2. The predicted octanol–water partition coefficient (Wildman–Crippen LogP) is 4.66. The van der Waals surface area contributed by atoms with Crippen LogP contribution in [0, 0.1) is 0 Å². The van der Waals surface area contributed by atoms with Crippen LogP contribution < -0.4 is 10.1 Å². The lowest BCUT2D eigenvalue weighted by molar-refractivity contribution is 0.414. The summed E-state index contributed by atoms with van der Waals surface area (Å²) in [6, 6.07) is 14.2. The molecule has 112 valence electrons. The third kappa shape index (κ3) is 4.47. The molecule has 0 aliphatic rings. The van der Waals surface area contributed by atoms with Gasteiger partial charge >= 0.3 is 0 Å². The van der Waals surface area contributed by atoms with E-state index in [-0.39, 0.29) is 0 Å². The van der Waals surface area contributed by atoms with Gasteiger partial charge in [0.25, 0.3) is 0 Å². The maximum Gasteiger partial charge on any atom is 0.119 e. The van der Waals surface area contributed by atoms with Gasteiger partial charge in [-0.25, -0.2) is 0 Å². The molecule has 0 aliphatic heterocycles. The van der Waals surface area contributed by atoms with Crippen LogP contribution in [0.1, 0.15) is 17.0 Å². The molecule has 0 fully saturated rings. The molecule has 21 heavy (non-hydrogen) atoms. The normalized spacial score (nSPS) is 12.2. The van der Waals surface area contributed by atoms with Crippen LogP contribution in [0.2, 0.25) is 5.02 Å². The molecule has 0 bridgehead atoms. The monoisotopic (exact) mass is 367 g/mol. The van der Waals surface area contributed by atoms with Crippen LogP contribution in [0.3, 0.4) is 0 Å². The fourth-order valence-electron chi connectivity index (χ4n) is 2.39. The Hall–Kier alpha value is -1.03. The Bertz CT molecular complexity index is 586. The van der Waals surface area contributed by atoms with Crippen LogP contribution in [0.5, 0.6) is 5.75 Å². The van der Waals surface area contributed by atoms with Gasteiger partial charge in [0, 0.05) is 22.0 Å². The minimum absolute atomic E-state index is 0.385. The van der Waals surface area contributed by atoms with Gasteiger partial charge in [0.05, 0.1) is 7.11 Å². The van der Waals surface area contributed by atoms with E-state index in [9.17, 15) is 0 Å². The van der Waals surface area contributed by atoms with Crippen LogP contribution in [-0.4, -0.2) is 20.7 Å². The van der Waals surface area contributed by atoms with Gasteiger partial charge in [0.2, 0.25) is 0 Å². The van der Waals surface area contributed by atoms with Crippen LogP contribution in [0.4, 0.5) is 0 Å². The summed E-state index contributed by atoms with van der Waals surface area (Å²) in [5.41, 5.74) is 2.52. The van der Waals surface area contributed by atoms with Gasteiger partial charge in [-0.3, -0.25) is 0 Å². The third-order valence-corrected chi connectivity index (χ3v) is 4.54. The molecular formula is C17H19BrClNO. The Balaban J connectivity index is 2.25. The summed E-state index contributed by atoms with van der Waals surface area (Å²) >= 11 is 9.61. The highest BCUT2D eigenvalue weighted by molar-refractivity contribution is 9.10. The largest absolute Gasteiger partial charge is 0.497 e. The second-order valence-corrected chi connectivity index (χ2v) is 6.26. The Morgan fingerprint density at radius 1 is 1.19 bits per heavy atom. The molecule has 2 nitrogen and oxygen atoms in total. The molecule has 0 spiro atoms. The van der Waals surface area contributed by atoms with E-state index in [1.165, 1.54) is 11.1 Å². The average Bonchev–Trinajstić information content (AvgIpc) is 2.49.